The maximum atomic E-state index is 9.31. The molecule has 1 rings (SSSR count). The highest BCUT2D eigenvalue weighted by Crippen LogP contribution is 2.30. The first kappa shape index (κ1) is 6.05. The van der Waals surface area contributed by atoms with E-state index in [1.165, 1.54) is 0 Å². The van der Waals surface area contributed by atoms with Crippen molar-refractivity contribution >= 4 is 0 Å². The van der Waals surface area contributed by atoms with E-state index in [0.29, 0.717) is 6.04 Å². The summed E-state index contributed by atoms with van der Waals surface area (Å²) in [7, 11) is 1.89. The van der Waals surface area contributed by atoms with Crippen molar-refractivity contribution in [2.24, 2.45) is 0 Å². The monoisotopic (exact) mass is 115 g/mol. The van der Waals surface area contributed by atoms with E-state index in [1.54, 1.807) is 0 Å². The molecule has 0 aromatic carbocycles. The molecule has 0 amide bonds. The Bertz CT molecular complexity index is 88.5. The van der Waals surface area contributed by atoms with Crippen LogP contribution in [0.3, 0.4) is 0 Å². The molecule has 0 aliphatic heterocycles. The van der Waals surface area contributed by atoms with Gasteiger partial charge in [0.1, 0.15) is 0 Å². The van der Waals surface area contributed by atoms with Gasteiger partial charge in [0, 0.05) is 6.04 Å². The number of nitrogens with one attached hydrogen (secondary N) is 1. The van der Waals surface area contributed by atoms with Crippen molar-refractivity contribution in [2.45, 2.75) is 31.4 Å². The predicted octanol–water partition coefficient (Wildman–Crippen LogP) is 0.119. The SMILES string of the molecule is CNC1CCC1(C)O. The van der Waals surface area contributed by atoms with Crippen LogP contribution in [0.1, 0.15) is 19.8 Å². The molecule has 2 atom stereocenters. The van der Waals surface area contributed by atoms with Gasteiger partial charge < -0.3 is 10.4 Å². The van der Waals surface area contributed by atoms with Crippen molar-refractivity contribution in [2.75, 3.05) is 7.05 Å². The van der Waals surface area contributed by atoms with Crippen molar-refractivity contribution in [1.82, 2.24) is 5.32 Å². The van der Waals surface area contributed by atoms with Gasteiger partial charge in [0.15, 0.2) is 0 Å². The van der Waals surface area contributed by atoms with Crippen LogP contribution in [0.2, 0.25) is 0 Å². The molecule has 0 aromatic rings. The van der Waals surface area contributed by atoms with Crippen molar-refractivity contribution < 1.29 is 5.11 Å². The molecule has 2 heteroatoms. The van der Waals surface area contributed by atoms with E-state index in [4.69, 9.17) is 0 Å². The van der Waals surface area contributed by atoms with Gasteiger partial charge in [-0.2, -0.15) is 0 Å². The van der Waals surface area contributed by atoms with Crippen molar-refractivity contribution in [1.29, 1.82) is 0 Å². The van der Waals surface area contributed by atoms with Gasteiger partial charge in [0.05, 0.1) is 5.60 Å². The molecule has 1 aliphatic carbocycles. The maximum absolute atomic E-state index is 9.31. The molecular formula is C6H13NO. The molecule has 1 aliphatic rings. The topological polar surface area (TPSA) is 32.3 Å². The van der Waals surface area contributed by atoms with Crippen LogP contribution >= 0.6 is 0 Å². The van der Waals surface area contributed by atoms with Crippen molar-refractivity contribution in [3.63, 3.8) is 0 Å². The normalized spacial score (nSPS) is 46.1. The average molecular weight is 115 g/mol. The van der Waals surface area contributed by atoms with E-state index < -0.39 is 5.60 Å². The first-order valence-electron chi connectivity index (χ1n) is 3.06. The van der Waals surface area contributed by atoms with Crippen LogP contribution in [-0.4, -0.2) is 23.8 Å². The average Bonchev–Trinajstić information content (AvgIpc) is 1.66. The van der Waals surface area contributed by atoms with Gasteiger partial charge in [-0.05, 0) is 26.8 Å². The highest BCUT2D eigenvalue weighted by atomic mass is 16.3. The van der Waals surface area contributed by atoms with Gasteiger partial charge in [0.2, 0.25) is 0 Å². The smallest absolute Gasteiger partial charge is 0.0772 e. The Morgan fingerprint density at radius 1 is 1.75 bits per heavy atom. The van der Waals surface area contributed by atoms with Crippen LogP contribution < -0.4 is 5.32 Å². The van der Waals surface area contributed by atoms with Crippen LogP contribution in [0.4, 0.5) is 0 Å². The Kier molecular flexibility index (Phi) is 1.29. The second-order valence-corrected chi connectivity index (χ2v) is 2.74. The zero-order valence-corrected chi connectivity index (χ0v) is 5.44. The van der Waals surface area contributed by atoms with E-state index in [9.17, 15) is 5.11 Å². The van der Waals surface area contributed by atoms with E-state index in [-0.39, 0.29) is 0 Å². The van der Waals surface area contributed by atoms with Crippen molar-refractivity contribution in [3.8, 4) is 0 Å². The summed E-state index contributed by atoms with van der Waals surface area (Å²) in [5.41, 5.74) is -0.422. The summed E-state index contributed by atoms with van der Waals surface area (Å²) in [4.78, 5) is 0. The van der Waals surface area contributed by atoms with Gasteiger partial charge in [-0.1, -0.05) is 0 Å². The zero-order chi connectivity index (χ0) is 6.20. The molecule has 0 radical (unpaired) electrons. The van der Waals surface area contributed by atoms with E-state index in [1.807, 2.05) is 14.0 Å². The van der Waals surface area contributed by atoms with E-state index in [2.05, 4.69) is 5.32 Å². The van der Waals surface area contributed by atoms with Crippen LogP contribution in [0.25, 0.3) is 0 Å². The number of aliphatic hydroxyl groups is 1. The lowest BCUT2D eigenvalue weighted by molar-refractivity contribution is -0.0488. The summed E-state index contributed by atoms with van der Waals surface area (Å²) in [6.07, 6.45) is 2.06. The largest absolute Gasteiger partial charge is 0.389 e. The zero-order valence-electron chi connectivity index (χ0n) is 5.44. The molecule has 2 unspecified atom stereocenters. The molecule has 48 valence electrons. The lowest BCUT2D eigenvalue weighted by Crippen LogP contribution is -2.55. The molecule has 0 bridgehead atoms. The summed E-state index contributed by atoms with van der Waals surface area (Å²) in [5.74, 6) is 0. The van der Waals surface area contributed by atoms with Gasteiger partial charge in [-0.15, -0.1) is 0 Å². The first-order valence-corrected chi connectivity index (χ1v) is 3.06. The lowest BCUT2D eigenvalue weighted by Gasteiger charge is -2.42. The predicted molar refractivity (Wildman–Crippen MR) is 32.7 cm³/mol. The fraction of sp³-hybridized carbons (Fsp3) is 1.00. The molecule has 8 heavy (non-hydrogen) atoms. The fourth-order valence-corrected chi connectivity index (χ4v) is 1.16. The highest BCUT2D eigenvalue weighted by molar-refractivity contribution is 4.96. The Labute approximate surface area is 49.9 Å². The van der Waals surface area contributed by atoms with Crippen molar-refractivity contribution in [3.05, 3.63) is 0 Å². The summed E-state index contributed by atoms with van der Waals surface area (Å²) in [6, 6.07) is 0.336. The Morgan fingerprint density at radius 2 is 2.38 bits per heavy atom. The second kappa shape index (κ2) is 1.71. The summed E-state index contributed by atoms with van der Waals surface area (Å²) in [6.45, 7) is 1.87. The third-order valence-corrected chi connectivity index (χ3v) is 2.04. The standard InChI is InChI=1S/C6H13NO/c1-6(8)4-3-5(6)7-2/h5,7-8H,3-4H2,1-2H3. The summed E-state index contributed by atoms with van der Waals surface area (Å²) < 4.78 is 0. The fourth-order valence-electron chi connectivity index (χ4n) is 1.16. The van der Waals surface area contributed by atoms with Crippen LogP contribution in [0.15, 0.2) is 0 Å². The van der Waals surface area contributed by atoms with E-state index in [0.717, 1.165) is 12.8 Å². The number of hydrogen-bond donors (Lipinski definition) is 2. The van der Waals surface area contributed by atoms with Crippen LogP contribution in [0.5, 0.6) is 0 Å². The summed E-state index contributed by atoms with van der Waals surface area (Å²) >= 11 is 0. The van der Waals surface area contributed by atoms with Gasteiger partial charge >= 0.3 is 0 Å². The molecule has 0 aromatic heterocycles. The Hall–Kier alpha value is -0.0800. The third-order valence-electron chi connectivity index (χ3n) is 2.04. The number of likely N-dealkylation sites (N-methyl/N-ethyl adjacent to an activating group) is 1. The Balaban J connectivity index is 2.37. The highest BCUT2D eigenvalue weighted by Gasteiger charge is 2.39. The second-order valence-electron chi connectivity index (χ2n) is 2.74. The Morgan fingerprint density at radius 3 is 2.38 bits per heavy atom. The van der Waals surface area contributed by atoms with Gasteiger partial charge in [0.25, 0.3) is 0 Å². The first-order chi connectivity index (χ1) is 3.67. The van der Waals surface area contributed by atoms with E-state index >= 15 is 0 Å². The molecule has 2 nitrogen and oxygen atoms in total. The minimum Gasteiger partial charge on any atom is -0.389 e. The molecule has 0 saturated heterocycles. The summed E-state index contributed by atoms with van der Waals surface area (Å²) in [5, 5.41) is 12.4. The molecule has 2 N–H and O–H groups in total. The molecule has 1 fully saturated rings. The third kappa shape index (κ3) is 0.740. The maximum Gasteiger partial charge on any atom is 0.0772 e. The van der Waals surface area contributed by atoms with Gasteiger partial charge in [-0.25, -0.2) is 0 Å². The molecule has 1 saturated carbocycles. The molecule has 0 heterocycles. The van der Waals surface area contributed by atoms with Crippen LogP contribution in [0, 0.1) is 0 Å². The van der Waals surface area contributed by atoms with Crippen LogP contribution in [-0.2, 0) is 0 Å². The molecule has 0 spiro atoms. The molecular weight excluding hydrogens is 102 g/mol. The van der Waals surface area contributed by atoms with Gasteiger partial charge in [-0.3, -0.25) is 0 Å². The quantitative estimate of drug-likeness (QED) is 0.508. The number of hydrogen-bond acceptors (Lipinski definition) is 2. The minimum absolute atomic E-state index is 0.336. The minimum atomic E-state index is -0.422. The number of rotatable bonds is 1. The lowest BCUT2D eigenvalue weighted by atomic mass is 9.76.